The Balaban J connectivity index is 1.79. The molecule has 3 rings (SSSR count). The second-order valence-electron chi connectivity index (χ2n) is 6.49. The lowest BCUT2D eigenvalue weighted by molar-refractivity contribution is -0.118. The second kappa shape index (κ2) is 9.85. The summed E-state index contributed by atoms with van der Waals surface area (Å²) in [6, 6.07) is 19.1. The summed E-state index contributed by atoms with van der Waals surface area (Å²) >= 11 is 7.02. The van der Waals surface area contributed by atoms with Gasteiger partial charge < -0.3 is 10.1 Å². The topological polar surface area (TPSA) is 50.7 Å². The number of carbonyl (C=O) groups is 1. The maximum atomic E-state index is 12.2. The van der Waals surface area contributed by atoms with Gasteiger partial charge in [0.25, 0.3) is 5.91 Å². The lowest BCUT2D eigenvalue weighted by atomic mass is 10.1. The van der Waals surface area contributed by atoms with Crippen LogP contribution < -0.4 is 10.1 Å². The van der Waals surface area contributed by atoms with Crippen molar-refractivity contribution >= 4 is 55.4 Å². The van der Waals surface area contributed by atoms with Crippen LogP contribution in [0.15, 0.2) is 74.6 Å². The van der Waals surface area contributed by atoms with E-state index in [4.69, 9.17) is 4.74 Å². The summed E-state index contributed by atoms with van der Waals surface area (Å²) in [7, 11) is 0. The summed E-state index contributed by atoms with van der Waals surface area (Å²) in [6.45, 7) is 3.99. The summed E-state index contributed by atoms with van der Waals surface area (Å²) in [5.41, 5.74) is 4.70. The average Bonchev–Trinajstić information content (AvgIpc) is 2.69. The van der Waals surface area contributed by atoms with Gasteiger partial charge in [-0.1, -0.05) is 46.3 Å². The maximum Gasteiger partial charge on any atom is 0.262 e. The fourth-order valence-electron chi connectivity index (χ4n) is 2.70. The van der Waals surface area contributed by atoms with Crippen molar-refractivity contribution in [2.75, 3.05) is 11.9 Å². The van der Waals surface area contributed by atoms with Crippen LogP contribution in [0.4, 0.5) is 11.4 Å². The van der Waals surface area contributed by atoms with Gasteiger partial charge in [-0.2, -0.15) is 0 Å². The quantitative estimate of drug-likeness (QED) is 0.376. The number of carbonyl (C=O) groups excluding carboxylic acids is 1. The molecule has 1 amide bonds. The number of nitrogens with zero attached hydrogens (tertiary/aromatic N) is 1. The lowest BCUT2D eigenvalue weighted by Gasteiger charge is -2.12. The highest BCUT2D eigenvalue weighted by Gasteiger charge is 2.12. The molecule has 0 aromatic heterocycles. The van der Waals surface area contributed by atoms with Crippen LogP contribution in [0, 0.1) is 13.8 Å². The molecule has 148 valence electrons. The number of benzene rings is 3. The summed E-state index contributed by atoms with van der Waals surface area (Å²) in [4.78, 5) is 16.9. The standard InChI is InChI=1S/C23H20Br2N2O2/c1-15-7-6-10-21(16(15)2)26-13-17-11-18(24)12-20(25)23(17)29-14-22(28)27-19-8-4-3-5-9-19/h3-13H,14H2,1-2H3,(H,27,28). The number of amides is 1. The highest BCUT2D eigenvalue weighted by atomic mass is 79.9. The first-order valence-corrected chi connectivity index (χ1v) is 10.6. The van der Waals surface area contributed by atoms with Gasteiger partial charge in [0.05, 0.1) is 10.2 Å². The minimum absolute atomic E-state index is 0.112. The molecule has 0 fully saturated rings. The average molecular weight is 516 g/mol. The smallest absolute Gasteiger partial charge is 0.262 e. The van der Waals surface area contributed by atoms with E-state index in [1.807, 2.05) is 61.5 Å². The van der Waals surface area contributed by atoms with E-state index in [9.17, 15) is 4.79 Å². The summed E-state index contributed by atoms with van der Waals surface area (Å²) < 4.78 is 7.45. The van der Waals surface area contributed by atoms with Gasteiger partial charge in [-0.25, -0.2) is 0 Å². The fraction of sp³-hybridized carbons (Fsp3) is 0.130. The van der Waals surface area contributed by atoms with Crippen molar-refractivity contribution in [3.8, 4) is 5.75 Å². The van der Waals surface area contributed by atoms with Gasteiger partial charge in [-0.05, 0) is 71.2 Å². The first kappa shape index (κ1) is 21.3. The van der Waals surface area contributed by atoms with Crippen LogP contribution in [0.3, 0.4) is 0 Å². The minimum atomic E-state index is -0.233. The summed E-state index contributed by atoms with van der Waals surface area (Å²) in [5, 5.41) is 2.81. The van der Waals surface area contributed by atoms with Crippen LogP contribution in [-0.2, 0) is 4.79 Å². The molecule has 29 heavy (non-hydrogen) atoms. The number of hydrogen-bond donors (Lipinski definition) is 1. The lowest BCUT2D eigenvalue weighted by Crippen LogP contribution is -2.20. The molecule has 0 heterocycles. The Morgan fingerprint density at radius 3 is 2.59 bits per heavy atom. The van der Waals surface area contributed by atoms with Crippen molar-refractivity contribution < 1.29 is 9.53 Å². The van der Waals surface area contributed by atoms with Crippen molar-refractivity contribution in [1.29, 1.82) is 0 Å². The van der Waals surface area contributed by atoms with Crippen molar-refractivity contribution in [1.82, 2.24) is 0 Å². The highest BCUT2D eigenvalue weighted by Crippen LogP contribution is 2.33. The molecule has 1 N–H and O–H groups in total. The molecular weight excluding hydrogens is 496 g/mol. The van der Waals surface area contributed by atoms with Gasteiger partial charge in [-0.15, -0.1) is 0 Å². The normalized spacial score (nSPS) is 10.9. The molecule has 3 aromatic rings. The molecule has 0 spiro atoms. The Labute approximate surface area is 187 Å². The van der Waals surface area contributed by atoms with Gasteiger partial charge in [0.15, 0.2) is 6.61 Å². The zero-order valence-electron chi connectivity index (χ0n) is 16.1. The monoisotopic (exact) mass is 514 g/mol. The number of nitrogens with one attached hydrogen (secondary N) is 1. The van der Waals surface area contributed by atoms with E-state index in [-0.39, 0.29) is 12.5 Å². The van der Waals surface area contributed by atoms with Gasteiger partial charge in [-0.3, -0.25) is 9.79 Å². The third-order valence-corrected chi connectivity index (χ3v) is 5.41. The number of aryl methyl sites for hydroxylation is 1. The minimum Gasteiger partial charge on any atom is -0.482 e. The fourth-order valence-corrected chi connectivity index (χ4v) is 4.07. The number of anilines is 1. The number of ether oxygens (including phenoxy) is 1. The Hall–Kier alpha value is -2.44. The number of rotatable bonds is 6. The van der Waals surface area contributed by atoms with E-state index in [1.54, 1.807) is 6.21 Å². The maximum absolute atomic E-state index is 12.2. The van der Waals surface area contributed by atoms with Crippen LogP contribution >= 0.6 is 31.9 Å². The summed E-state index contributed by atoms with van der Waals surface area (Å²) in [5.74, 6) is 0.328. The highest BCUT2D eigenvalue weighted by molar-refractivity contribution is 9.11. The molecule has 0 saturated heterocycles. The van der Waals surface area contributed by atoms with Crippen molar-refractivity contribution in [3.05, 3.63) is 86.3 Å². The van der Waals surface area contributed by atoms with E-state index < -0.39 is 0 Å². The van der Waals surface area contributed by atoms with Crippen molar-refractivity contribution in [3.63, 3.8) is 0 Å². The van der Waals surface area contributed by atoms with E-state index in [0.717, 1.165) is 31.4 Å². The predicted molar refractivity (Wildman–Crippen MR) is 126 cm³/mol. The first-order valence-electron chi connectivity index (χ1n) is 9.01. The third-order valence-electron chi connectivity index (χ3n) is 4.36. The molecule has 4 nitrogen and oxygen atoms in total. The van der Waals surface area contributed by atoms with E-state index >= 15 is 0 Å². The van der Waals surface area contributed by atoms with E-state index in [0.29, 0.717) is 5.75 Å². The van der Waals surface area contributed by atoms with Crippen LogP contribution in [0.2, 0.25) is 0 Å². The van der Waals surface area contributed by atoms with Crippen LogP contribution in [-0.4, -0.2) is 18.7 Å². The van der Waals surface area contributed by atoms with Gasteiger partial charge in [0.2, 0.25) is 0 Å². The number of para-hydroxylation sites is 1. The van der Waals surface area contributed by atoms with Crippen LogP contribution in [0.25, 0.3) is 0 Å². The van der Waals surface area contributed by atoms with Crippen LogP contribution in [0.5, 0.6) is 5.75 Å². The SMILES string of the molecule is Cc1cccc(N=Cc2cc(Br)cc(Br)c2OCC(=O)Nc2ccccc2)c1C. The summed E-state index contributed by atoms with van der Waals surface area (Å²) in [6.07, 6.45) is 1.75. The largest absolute Gasteiger partial charge is 0.482 e. The molecule has 0 radical (unpaired) electrons. The number of aliphatic imine (C=N–C) groups is 1. The molecule has 6 heteroatoms. The Morgan fingerprint density at radius 1 is 1.07 bits per heavy atom. The molecule has 0 unspecified atom stereocenters. The molecule has 0 saturated carbocycles. The van der Waals surface area contributed by atoms with E-state index in [1.165, 1.54) is 5.56 Å². The number of hydrogen-bond acceptors (Lipinski definition) is 3. The zero-order valence-corrected chi connectivity index (χ0v) is 19.2. The molecule has 0 aliphatic heterocycles. The molecule has 0 bridgehead atoms. The Bertz CT molecular complexity index is 1050. The predicted octanol–water partition coefficient (Wildman–Crippen LogP) is 6.60. The molecule has 0 aliphatic rings. The molecule has 0 aliphatic carbocycles. The second-order valence-corrected chi connectivity index (χ2v) is 8.26. The van der Waals surface area contributed by atoms with Crippen LogP contribution in [0.1, 0.15) is 16.7 Å². The first-order chi connectivity index (χ1) is 13.9. The van der Waals surface area contributed by atoms with Gasteiger partial charge in [0.1, 0.15) is 5.75 Å². The van der Waals surface area contributed by atoms with Gasteiger partial charge >= 0.3 is 0 Å². The Morgan fingerprint density at radius 2 is 1.83 bits per heavy atom. The van der Waals surface area contributed by atoms with Crippen molar-refractivity contribution in [2.45, 2.75) is 13.8 Å². The molecular formula is C23H20Br2N2O2. The van der Waals surface area contributed by atoms with E-state index in [2.05, 4.69) is 55.2 Å². The molecule has 3 aromatic carbocycles. The van der Waals surface area contributed by atoms with Gasteiger partial charge in [0, 0.05) is 21.9 Å². The molecule has 0 atom stereocenters. The third kappa shape index (κ3) is 5.78. The Kier molecular flexibility index (Phi) is 7.23. The zero-order chi connectivity index (χ0) is 20.8. The number of halogens is 2. The van der Waals surface area contributed by atoms with Crippen molar-refractivity contribution in [2.24, 2.45) is 4.99 Å².